The Kier molecular flexibility index (Phi) is 24.0. The van der Waals surface area contributed by atoms with Crippen molar-refractivity contribution in [2.45, 2.75) is 19.8 Å². The molecule has 0 fully saturated rings. The largest absolute Gasteiger partial charge is 0.379 e. The van der Waals surface area contributed by atoms with Crippen molar-refractivity contribution in [3.63, 3.8) is 0 Å². The molecule has 0 radical (unpaired) electrons. The van der Waals surface area contributed by atoms with E-state index >= 15 is 0 Å². The third-order valence-electron chi connectivity index (χ3n) is 3.11. The number of ether oxygens (including phenoxy) is 7. The van der Waals surface area contributed by atoms with Gasteiger partial charge in [-0.1, -0.05) is 19.4 Å². The Morgan fingerprint density at radius 1 is 0.500 bits per heavy atom. The Labute approximate surface area is 158 Å². The fraction of sp³-hybridized carbons (Fsp3) is 0.895. The van der Waals surface area contributed by atoms with Gasteiger partial charge in [0, 0.05) is 6.61 Å². The van der Waals surface area contributed by atoms with Gasteiger partial charge < -0.3 is 33.2 Å². The molecule has 7 nitrogen and oxygen atoms in total. The minimum atomic E-state index is 0.553. The molecule has 0 bridgehead atoms. The predicted molar refractivity (Wildman–Crippen MR) is 101 cm³/mol. The average Bonchev–Trinajstić information content (AvgIpc) is 2.66. The van der Waals surface area contributed by atoms with Crippen LogP contribution in [-0.2, 0) is 33.2 Å². The molecule has 0 aromatic carbocycles. The van der Waals surface area contributed by atoms with Gasteiger partial charge in [0.1, 0.15) is 0 Å². The second-order valence-corrected chi connectivity index (χ2v) is 5.39. The maximum absolute atomic E-state index is 5.41. The summed E-state index contributed by atoms with van der Waals surface area (Å²) in [6.07, 6.45) is 3.98. The van der Waals surface area contributed by atoms with Gasteiger partial charge in [0.25, 0.3) is 0 Å². The van der Waals surface area contributed by atoms with E-state index in [4.69, 9.17) is 33.2 Å². The van der Waals surface area contributed by atoms with E-state index in [9.17, 15) is 0 Å². The van der Waals surface area contributed by atoms with Crippen molar-refractivity contribution < 1.29 is 33.2 Å². The number of hydrogen-bond acceptors (Lipinski definition) is 7. The highest BCUT2D eigenvalue weighted by Gasteiger charge is 1.94. The second-order valence-electron chi connectivity index (χ2n) is 5.39. The Hall–Kier alpha value is -0.540. The molecule has 0 amide bonds. The summed E-state index contributed by atoms with van der Waals surface area (Å²) in [6.45, 7) is 14.0. The van der Waals surface area contributed by atoms with Crippen molar-refractivity contribution in [2.75, 3.05) is 92.5 Å². The molecule has 0 aliphatic carbocycles. The first kappa shape index (κ1) is 25.5. The highest BCUT2D eigenvalue weighted by molar-refractivity contribution is 4.63. The van der Waals surface area contributed by atoms with Gasteiger partial charge in [-0.3, -0.25) is 0 Å². The lowest BCUT2D eigenvalue weighted by Gasteiger charge is -2.08. The first-order valence-electron chi connectivity index (χ1n) is 9.57. The van der Waals surface area contributed by atoms with Crippen molar-refractivity contribution in [1.82, 2.24) is 0 Å². The van der Waals surface area contributed by atoms with E-state index in [0.29, 0.717) is 85.9 Å². The van der Waals surface area contributed by atoms with Gasteiger partial charge in [0.05, 0.1) is 85.9 Å². The molecule has 0 heterocycles. The van der Waals surface area contributed by atoms with Crippen LogP contribution in [0, 0.1) is 0 Å². The van der Waals surface area contributed by atoms with Crippen LogP contribution in [0.2, 0.25) is 0 Å². The van der Waals surface area contributed by atoms with Gasteiger partial charge in [0.15, 0.2) is 0 Å². The van der Waals surface area contributed by atoms with Crippen LogP contribution >= 0.6 is 0 Å². The number of hydrogen-bond donors (Lipinski definition) is 0. The molecule has 0 rings (SSSR count). The van der Waals surface area contributed by atoms with Gasteiger partial charge in [0.2, 0.25) is 0 Å². The smallest absolute Gasteiger partial charge is 0.0704 e. The molecule has 0 aromatic heterocycles. The number of rotatable bonds is 23. The molecule has 0 saturated carbocycles. The summed E-state index contributed by atoms with van der Waals surface area (Å²) in [4.78, 5) is 0. The SMILES string of the molecule is C=CCOCCOCCOCCOCCOCCOCCOCCCC. The molecule has 0 aliphatic heterocycles. The summed E-state index contributed by atoms with van der Waals surface area (Å²) >= 11 is 0. The Bertz CT molecular complexity index is 264. The highest BCUT2D eigenvalue weighted by Crippen LogP contribution is 1.88. The van der Waals surface area contributed by atoms with Crippen LogP contribution in [0.25, 0.3) is 0 Å². The maximum Gasteiger partial charge on any atom is 0.0704 e. The monoisotopic (exact) mass is 378 g/mol. The second kappa shape index (κ2) is 24.5. The Balaban J connectivity index is 2.96. The van der Waals surface area contributed by atoms with E-state index < -0.39 is 0 Å². The van der Waals surface area contributed by atoms with Gasteiger partial charge in [-0.05, 0) is 6.42 Å². The summed E-state index contributed by atoms with van der Waals surface area (Å²) < 4.78 is 37.5. The summed E-state index contributed by atoms with van der Waals surface area (Å²) in [5, 5.41) is 0. The molecule has 26 heavy (non-hydrogen) atoms. The minimum absolute atomic E-state index is 0.553. The third kappa shape index (κ3) is 23.5. The molecule has 0 N–H and O–H groups in total. The zero-order valence-corrected chi connectivity index (χ0v) is 16.5. The topological polar surface area (TPSA) is 64.6 Å². The van der Waals surface area contributed by atoms with Gasteiger partial charge in [-0.2, -0.15) is 0 Å². The van der Waals surface area contributed by atoms with Crippen molar-refractivity contribution in [1.29, 1.82) is 0 Å². The Morgan fingerprint density at radius 2 is 0.808 bits per heavy atom. The van der Waals surface area contributed by atoms with Crippen LogP contribution in [0.5, 0.6) is 0 Å². The normalized spacial score (nSPS) is 11.1. The molecule has 0 aromatic rings. The molecule has 0 aliphatic rings. The first-order valence-corrected chi connectivity index (χ1v) is 9.57. The summed E-state index contributed by atoms with van der Waals surface area (Å²) in [6, 6.07) is 0. The first-order chi connectivity index (χ1) is 12.9. The molecule has 0 spiro atoms. The van der Waals surface area contributed by atoms with Crippen LogP contribution in [-0.4, -0.2) is 92.5 Å². The van der Waals surface area contributed by atoms with Gasteiger partial charge >= 0.3 is 0 Å². The van der Waals surface area contributed by atoms with E-state index in [1.807, 2.05) is 0 Å². The van der Waals surface area contributed by atoms with Crippen LogP contribution < -0.4 is 0 Å². The molecule has 0 saturated heterocycles. The lowest BCUT2D eigenvalue weighted by atomic mass is 10.4. The van der Waals surface area contributed by atoms with E-state index in [1.54, 1.807) is 6.08 Å². The van der Waals surface area contributed by atoms with E-state index in [0.717, 1.165) is 19.4 Å². The zero-order chi connectivity index (χ0) is 19.0. The van der Waals surface area contributed by atoms with Crippen molar-refractivity contribution in [3.05, 3.63) is 12.7 Å². The fourth-order valence-electron chi connectivity index (χ4n) is 1.73. The van der Waals surface area contributed by atoms with Crippen LogP contribution in [0.1, 0.15) is 19.8 Å². The molecule has 7 heteroatoms. The summed E-state index contributed by atoms with van der Waals surface area (Å²) in [5.41, 5.74) is 0. The molecule has 0 unspecified atom stereocenters. The van der Waals surface area contributed by atoms with E-state index in [2.05, 4.69) is 13.5 Å². The average molecular weight is 379 g/mol. The van der Waals surface area contributed by atoms with E-state index in [-0.39, 0.29) is 0 Å². The maximum atomic E-state index is 5.41. The minimum Gasteiger partial charge on any atom is -0.379 e. The van der Waals surface area contributed by atoms with Crippen molar-refractivity contribution >= 4 is 0 Å². The van der Waals surface area contributed by atoms with Crippen LogP contribution in [0.3, 0.4) is 0 Å². The molecular weight excluding hydrogens is 340 g/mol. The summed E-state index contributed by atoms with van der Waals surface area (Å²) in [7, 11) is 0. The quantitative estimate of drug-likeness (QED) is 0.199. The number of unbranched alkanes of at least 4 members (excludes halogenated alkanes) is 1. The fourth-order valence-corrected chi connectivity index (χ4v) is 1.73. The standard InChI is InChI=1S/C19H38O7/c1-3-5-7-21-9-11-23-13-15-25-17-19-26-18-16-24-14-12-22-10-8-20-6-4-2/h4H,2-3,5-19H2,1H3. The van der Waals surface area contributed by atoms with Crippen LogP contribution in [0.15, 0.2) is 12.7 Å². The lowest BCUT2D eigenvalue weighted by molar-refractivity contribution is -0.0198. The van der Waals surface area contributed by atoms with Crippen molar-refractivity contribution in [2.24, 2.45) is 0 Å². The van der Waals surface area contributed by atoms with Gasteiger partial charge in [-0.15, -0.1) is 6.58 Å². The predicted octanol–water partition coefficient (Wildman–Crippen LogP) is 2.09. The third-order valence-corrected chi connectivity index (χ3v) is 3.11. The highest BCUT2D eigenvalue weighted by atomic mass is 16.6. The van der Waals surface area contributed by atoms with Gasteiger partial charge in [-0.25, -0.2) is 0 Å². The molecule has 0 atom stereocenters. The summed E-state index contributed by atoms with van der Waals surface area (Å²) in [5.74, 6) is 0. The van der Waals surface area contributed by atoms with Crippen molar-refractivity contribution in [3.8, 4) is 0 Å². The Morgan fingerprint density at radius 3 is 1.12 bits per heavy atom. The molecular formula is C19H38O7. The van der Waals surface area contributed by atoms with Crippen LogP contribution in [0.4, 0.5) is 0 Å². The van der Waals surface area contributed by atoms with E-state index in [1.165, 1.54) is 0 Å². The molecule has 156 valence electrons. The lowest BCUT2D eigenvalue weighted by Crippen LogP contribution is -2.14. The zero-order valence-electron chi connectivity index (χ0n) is 16.5.